The number of benzene rings is 2. The molecule has 0 bridgehead atoms. The van der Waals surface area contributed by atoms with E-state index in [9.17, 15) is 9.90 Å². The quantitative estimate of drug-likeness (QED) is 0.322. The Kier molecular flexibility index (Phi) is 7.84. The Bertz CT molecular complexity index is 1250. The number of phenols is 1. The molecule has 2 aromatic carbocycles. The summed E-state index contributed by atoms with van der Waals surface area (Å²) in [5.41, 5.74) is 3.39. The Morgan fingerprint density at radius 2 is 1.69 bits per heavy atom. The van der Waals surface area contributed by atoms with Crippen molar-refractivity contribution in [3.8, 4) is 16.9 Å². The molecular weight excluding hydrogens is 493 g/mol. The number of carbonyl (C=O) groups is 1. The minimum absolute atomic E-state index is 0.0572. The van der Waals surface area contributed by atoms with Gasteiger partial charge in [-0.2, -0.15) is 0 Å². The van der Waals surface area contributed by atoms with Gasteiger partial charge in [0.1, 0.15) is 0 Å². The van der Waals surface area contributed by atoms with Crippen LogP contribution in [0.5, 0.6) is 5.75 Å². The summed E-state index contributed by atoms with van der Waals surface area (Å²) in [7, 11) is 4.26. The van der Waals surface area contributed by atoms with E-state index < -0.39 is 5.41 Å². The highest BCUT2D eigenvalue weighted by atomic mass is 35.5. The topological polar surface area (TPSA) is 65.5 Å². The Labute approximate surface area is 223 Å². The number of aromatic hydroxyl groups is 1. The van der Waals surface area contributed by atoms with Gasteiger partial charge < -0.3 is 15.3 Å². The van der Waals surface area contributed by atoms with E-state index in [0.29, 0.717) is 17.5 Å². The minimum Gasteiger partial charge on any atom is -0.505 e. The smallest absolute Gasteiger partial charge is 0.171 e. The van der Waals surface area contributed by atoms with Gasteiger partial charge in [0.25, 0.3) is 0 Å². The van der Waals surface area contributed by atoms with Gasteiger partial charge in [-0.25, -0.2) is 0 Å². The van der Waals surface area contributed by atoms with Crippen LogP contribution in [-0.2, 0) is 0 Å². The highest BCUT2D eigenvalue weighted by Crippen LogP contribution is 2.39. The van der Waals surface area contributed by atoms with Crippen LogP contribution < -0.4 is 5.32 Å². The predicted octanol–water partition coefficient (Wildman–Crippen LogP) is 7.68. The number of phenolic OH excluding ortho intramolecular Hbond substituents is 1. The van der Waals surface area contributed by atoms with Crippen LogP contribution in [0.4, 0.5) is 5.69 Å². The maximum absolute atomic E-state index is 13.5. The average molecular weight is 529 g/mol. The van der Waals surface area contributed by atoms with Gasteiger partial charge >= 0.3 is 0 Å². The molecule has 0 aliphatic heterocycles. The Balaban J connectivity index is 1.77. The van der Waals surface area contributed by atoms with Crippen LogP contribution >= 0.6 is 23.2 Å². The first-order valence-corrected chi connectivity index (χ1v) is 13.3. The second-order valence-electron chi connectivity index (χ2n) is 11.3. The van der Waals surface area contributed by atoms with E-state index in [2.05, 4.69) is 29.3 Å². The number of nitrogens with zero attached hydrogens (tertiary/aromatic N) is 2. The average Bonchev–Trinajstić information content (AvgIpc) is 2.82. The van der Waals surface area contributed by atoms with E-state index in [-0.39, 0.29) is 21.6 Å². The molecular formula is C29H35Cl2N3O2. The zero-order valence-electron chi connectivity index (χ0n) is 21.7. The number of rotatable bonds is 6. The Morgan fingerprint density at radius 1 is 1.06 bits per heavy atom. The standard InChI is InChI=1S/C29H35Cl2N3O2/c1-29(2,3)28(36)22-15-32-25-11-8-18(19-13-23(30)27(35)24(31)14-19)12-21(25)26(22)33-20-9-6-17(7-10-20)16-34(4)5/h8,11-15,17,20,35H,6-7,9-10,16H2,1-5H3,(H,32,33). The largest absolute Gasteiger partial charge is 0.505 e. The number of pyridine rings is 1. The number of fused-ring (bicyclic) bond motifs is 1. The van der Waals surface area contributed by atoms with Crippen molar-refractivity contribution in [3.63, 3.8) is 0 Å². The fourth-order valence-electron chi connectivity index (χ4n) is 5.05. The number of Topliss-reactive ketones (excluding diaryl/α,β-unsaturated/α-hetero) is 1. The third-order valence-corrected chi connectivity index (χ3v) is 7.54. The van der Waals surface area contributed by atoms with Gasteiger partial charge in [-0.1, -0.05) is 50.0 Å². The van der Waals surface area contributed by atoms with Crippen molar-refractivity contribution in [2.45, 2.75) is 52.5 Å². The van der Waals surface area contributed by atoms with E-state index >= 15 is 0 Å². The summed E-state index contributed by atoms with van der Waals surface area (Å²) < 4.78 is 0. The summed E-state index contributed by atoms with van der Waals surface area (Å²) in [6, 6.07) is 9.61. The molecule has 2 N–H and O–H groups in total. The summed E-state index contributed by atoms with van der Waals surface area (Å²) in [6.07, 6.45) is 6.17. The molecule has 0 amide bonds. The van der Waals surface area contributed by atoms with Gasteiger partial charge in [0.2, 0.25) is 0 Å². The van der Waals surface area contributed by atoms with Crippen molar-refractivity contribution in [1.82, 2.24) is 9.88 Å². The number of nitrogens with one attached hydrogen (secondary N) is 1. The van der Waals surface area contributed by atoms with Gasteiger partial charge in [0.05, 0.1) is 26.8 Å². The summed E-state index contributed by atoms with van der Waals surface area (Å²) in [5.74, 6) is 0.634. The van der Waals surface area contributed by atoms with Crippen molar-refractivity contribution in [1.29, 1.82) is 0 Å². The Hall–Kier alpha value is -2.34. The van der Waals surface area contributed by atoms with Gasteiger partial charge in [-0.3, -0.25) is 9.78 Å². The number of anilines is 1. The second kappa shape index (κ2) is 10.6. The number of hydrogen-bond acceptors (Lipinski definition) is 5. The lowest BCUT2D eigenvalue weighted by molar-refractivity contribution is 0.0859. The van der Waals surface area contributed by atoms with Gasteiger partial charge in [0, 0.05) is 29.6 Å². The molecule has 1 saturated carbocycles. The highest BCUT2D eigenvalue weighted by molar-refractivity contribution is 6.37. The highest BCUT2D eigenvalue weighted by Gasteiger charge is 2.29. The van der Waals surface area contributed by atoms with Crippen LogP contribution in [-0.4, -0.2) is 47.5 Å². The van der Waals surface area contributed by atoms with Crippen molar-refractivity contribution in [2.24, 2.45) is 11.3 Å². The zero-order chi connectivity index (χ0) is 26.2. The molecule has 1 aliphatic carbocycles. The van der Waals surface area contributed by atoms with Crippen LogP contribution in [0.2, 0.25) is 10.0 Å². The first-order valence-electron chi connectivity index (χ1n) is 12.5. The molecule has 5 nitrogen and oxygen atoms in total. The number of aromatic nitrogens is 1. The van der Waals surface area contributed by atoms with Crippen LogP contribution in [0, 0.1) is 11.3 Å². The first kappa shape index (κ1) is 26.7. The number of ketones is 1. The minimum atomic E-state index is -0.537. The fraction of sp³-hybridized carbons (Fsp3) is 0.448. The number of halogens is 2. The molecule has 192 valence electrons. The van der Waals surface area contributed by atoms with Crippen molar-refractivity contribution in [2.75, 3.05) is 26.0 Å². The first-order chi connectivity index (χ1) is 16.9. The van der Waals surface area contributed by atoms with Gasteiger partial charge in [0.15, 0.2) is 11.5 Å². The maximum atomic E-state index is 13.5. The van der Waals surface area contributed by atoms with Crippen LogP contribution in [0.3, 0.4) is 0 Å². The predicted molar refractivity (Wildman–Crippen MR) is 151 cm³/mol. The van der Waals surface area contributed by atoms with E-state index in [0.717, 1.165) is 59.9 Å². The van der Waals surface area contributed by atoms with E-state index in [4.69, 9.17) is 23.2 Å². The van der Waals surface area contributed by atoms with E-state index in [1.54, 1.807) is 18.3 Å². The van der Waals surface area contributed by atoms with Crippen LogP contribution in [0.15, 0.2) is 36.5 Å². The Morgan fingerprint density at radius 3 is 2.28 bits per heavy atom. The van der Waals surface area contributed by atoms with Crippen molar-refractivity contribution < 1.29 is 9.90 Å². The van der Waals surface area contributed by atoms with Crippen molar-refractivity contribution in [3.05, 3.63) is 52.1 Å². The fourth-order valence-corrected chi connectivity index (χ4v) is 5.53. The molecule has 7 heteroatoms. The molecule has 0 spiro atoms. The number of hydrogen-bond donors (Lipinski definition) is 2. The molecule has 3 aromatic rings. The van der Waals surface area contributed by atoms with Crippen LogP contribution in [0.25, 0.3) is 22.0 Å². The molecule has 1 aromatic heterocycles. The van der Waals surface area contributed by atoms with Crippen LogP contribution in [0.1, 0.15) is 56.8 Å². The lowest BCUT2D eigenvalue weighted by Gasteiger charge is -2.32. The van der Waals surface area contributed by atoms with Gasteiger partial charge in [-0.15, -0.1) is 0 Å². The lowest BCUT2D eigenvalue weighted by atomic mass is 9.84. The maximum Gasteiger partial charge on any atom is 0.171 e. The molecule has 0 unspecified atom stereocenters. The summed E-state index contributed by atoms with van der Waals surface area (Å²) in [6.45, 7) is 6.92. The molecule has 0 atom stereocenters. The zero-order valence-corrected chi connectivity index (χ0v) is 23.2. The monoisotopic (exact) mass is 527 g/mol. The van der Waals surface area contributed by atoms with Gasteiger partial charge in [-0.05, 0) is 81.1 Å². The summed E-state index contributed by atoms with van der Waals surface area (Å²) in [5, 5.41) is 15.0. The normalized spacial score (nSPS) is 18.6. The summed E-state index contributed by atoms with van der Waals surface area (Å²) >= 11 is 12.4. The van der Waals surface area contributed by atoms with E-state index in [1.807, 2.05) is 39.0 Å². The lowest BCUT2D eigenvalue weighted by Crippen LogP contribution is -2.32. The molecule has 1 fully saturated rings. The van der Waals surface area contributed by atoms with Crippen molar-refractivity contribution >= 4 is 45.6 Å². The third-order valence-electron chi connectivity index (χ3n) is 6.96. The molecule has 36 heavy (non-hydrogen) atoms. The molecule has 4 rings (SSSR count). The SMILES string of the molecule is CN(C)CC1CCC(Nc2c(C(=O)C(C)(C)C)cnc3ccc(-c4cc(Cl)c(O)c(Cl)c4)cc23)CC1. The molecule has 0 radical (unpaired) electrons. The summed E-state index contributed by atoms with van der Waals surface area (Å²) in [4.78, 5) is 20.4. The van der Waals surface area contributed by atoms with E-state index in [1.165, 1.54) is 0 Å². The molecule has 0 saturated heterocycles. The molecule has 1 heterocycles. The number of carbonyl (C=O) groups excluding carboxylic acids is 1. The third kappa shape index (κ3) is 5.80. The second-order valence-corrected chi connectivity index (χ2v) is 12.1. The molecule has 1 aliphatic rings.